The van der Waals surface area contributed by atoms with Gasteiger partial charge in [0.15, 0.2) is 0 Å². The molecular weight excluding hydrogens is 314 g/mol. The van der Waals surface area contributed by atoms with Crippen molar-refractivity contribution in [3.8, 4) is 0 Å². The summed E-state index contributed by atoms with van der Waals surface area (Å²) < 4.78 is 47.6. The van der Waals surface area contributed by atoms with Crippen LogP contribution in [0.3, 0.4) is 0 Å². The number of carbonyl (C=O) groups is 1. The van der Waals surface area contributed by atoms with Gasteiger partial charge in [-0.3, -0.25) is 4.79 Å². The number of benzene rings is 1. The van der Waals surface area contributed by atoms with Gasteiger partial charge in [-0.15, -0.1) is 0 Å². The van der Waals surface area contributed by atoms with Gasteiger partial charge in [0.1, 0.15) is 0 Å². The number of carbonyl (C=O) groups excluding carboxylic acids is 1. The van der Waals surface area contributed by atoms with E-state index in [4.69, 9.17) is 0 Å². The summed E-state index contributed by atoms with van der Waals surface area (Å²) in [5, 5.41) is 0. The number of likely N-dealkylation sites (N-methyl/N-ethyl adjacent to an activating group) is 1. The summed E-state index contributed by atoms with van der Waals surface area (Å²) in [6, 6.07) is 5.32. The fourth-order valence-electron chi connectivity index (χ4n) is 2.33. The number of likely N-dealkylation sites (tertiary alicyclic amines) is 1. The van der Waals surface area contributed by atoms with E-state index in [0.717, 1.165) is 13.0 Å². The van der Waals surface area contributed by atoms with Gasteiger partial charge in [-0.1, -0.05) is 0 Å². The highest BCUT2D eigenvalue weighted by Crippen LogP contribution is 2.21. The van der Waals surface area contributed by atoms with Crippen LogP contribution in [0.25, 0.3) is 0 Å². The van der Waals surface area contributed by atoms with Crippen molar-refractivity contribution in [1.82, 2.24) is 4.90 Å². The number of hydrogen-bond acceptors (Lipinski definition) is 4. The lowest BCUT2D eigenvalue weighted by atomic mass is 10.3. The first-order valence-electron chi connectivity index (χ1n) is 6.93. The third kappa shape index (κ3) is 3.55. The maximum atomic E-state index is 12.5. The van der Waals surface area contributed by atoms with E-state index in [1.807, 2.05) is 4.90 Å². The zero-order chi connectivity index (χ0) is 16.3. The molecule has 0 bridgehead atoms. The molecule has 1 fully saturated rings. The van der Waals surface area contributed by atoms with Crippen molar-refractivity contribution in [2.45, 2.75) is 23.5 Å². The zero-order valence-corrected chi connectivity index (χ0v) is 13.0. The number of hydrogen-bond donors (Lipinski definition) is 0. The zero-order valence-electron chi connectivity index (χ0n) is 12.2. The maximum Gasteiger partial charge on any atom is 0.341 e. The molecule has 8 heteroatoms. The summed E-state index contributed by atoms with van der Waals surface area (Å²) in [6.07, 6.45) is 1.46. The van der Waals surface area contributed by atoms with Gasteiger partial charge in [0.05, 0.1) is 4.90 Å². The largest absolute Gasteiger partial charge is 0.373 e. The van der Waals surface area contributed by atoms with Crippen LogP contribution < -0.4 is 4.90 Å². The van der Waals surface area contributed by atoms with Crippen molar-refractivity contribution >= 4 is 21.4 Å². The van der Waals surface area contributed by atoms with E-state index in [1.165, 1.54) is 24.3 Å². The number of anilines is 1. The Morgan fingerprint density at radius 2 is 1.91 bits per heavy atom. The van der Waals surface area contributed by atoms with Crippen molar-refractivity contribution in [2.75, 3.05) is 31.6 Å². The number of halogens is 2. The minimum Gasteiger partial charge on any atom is -0.373 e. The minimum absolute atomic E-state index is 0.145. The predicted octanol–water partition coefficient (Wildman–Crippen LogP) is 1.74. The summed E-state index contributed by atoms with van der Waals surface area (Å²) in [7, 11) is -2.75. The standard InChI is InChI=1S/C14H18F2N2O3S/c1-17(9-10-18-8-2-3-13(18)19)11-4-6-12(7-5-11)22(20,21)14(15)16/h4-7,14H,2-3,8-10H2,1H3. The number of alkyl halides is 2. The third-order valence-corrected chi connectivity index (χ3v) is 5.12. The number of sulfone groups is 1. The molecule has 1 aromatic carbocycles. The second-order valence-corrected chi connectivity index (χ2v) is 7.12. The van der Waals surface area contributed by atoms with E-state index in [1.54, 1.807) is 11.9 Å². The first-order chi connectivity index (χ1) is 10.3. The highest BCUT2D eigenvalue weighted by Gasteiger charge is 2.26. The summed E-state index contributed by atoms with van der Waals surface area (Å²) in [5.41, 5.74) is 0.708. The molecule has 0 radical (unpaired) electrons. The average molecular weight is 332 g/mol. The molecule has 0 spiro atoms. The van der Waals surface area contributed by atoms with Gasteiger partial charge in [-0.25, -0.2) is 8.42 Å². The van der Waals surface area contributed by atoms with Crippen molar-refractivity contribution in [3.63, 3.8) is 0 Å². The molecule has 1 heterocycles. The van der Waals surface area contributed by atoms with Crippen molar-refractivity contribution in [3.05, 3.63) is 24.3 Å². The van der Waals surface area contributed by atoms with E-state index in [9.17, 15) is 22.0 Å². The van der Waals surface area contributed by atoms with Crippen LogP contribution in [0, 0.1) is 0 Å². The lowest BCUT2D eigenvalue weighted by Gasteiger charge is -2.23. The Balaban J connectivity index is 1.99. The number of amides is 1. The lowest BCUT2D eigenvalue weighted by Crippen LogP contribution is -2.33. The maximum absolute atomic E-state index is 12.5. The van der Waals surface area contributed by atoms with Crippen LogP contribution in [0.15, 0.2) is 29.2 Å². The van der Waals surface area contributed by atoms with Gasteiger partial charge in [0.25, 0.3) is 0 Å². The third-order valence-electron chi connectivity index (χ3n) is 3.72. The highest BCUT2D eigenvalue weighted by molar-refractivity contribution is 7.91. The van der Waals surface area contributed by atoms with Gasteiger partial charge in [0.2, 0.25) is 15.7 Å². The molecule has 0 saturated carbocycles. The molecule has 122 valence electrons. The van der Waals surface area contributed by atoms with Crippen LogP contribution in [-0.4, -0.2) is 51.7 Å². The second-order valence-electron chi connectivity index (χ2n) is 5.21. The second kappa shape index (κ2) is 6.60. The summed E-state index contributed by atoms with van der Waals surface area (Å²) in [4.78, 5) is 14.8. The molecule has 0 N–H and O–H groups in total. The highest BCUT2D eigenvalue weighted by atomic mass is 32.2. The number of rotatable bonds is 6. The molecule has 0 aromatic heterocycles. The van der Waals surface area contributed by atoms with Crippen LogP contribution in [0.5, 0.6) is 0 Å². The molecule has 0 aliphatic carbocycles. The van der Waals surface area contributed by atoms with Crippen LogP contribution in [-0.2, 0) is 14.6 Å². The van der Waals surface area contributed by atoms with Crippen LogP contribution in [0.1, 0.15) is 12.8 Å². The topological polar surface area (TPSA) is 57.7 Å². The average Bonchev–Trinajstić information content (AvgIpc) is 2.90. The first kappa shape index (κ1) is 16.7. The Labute approximate surface area is 128 Å². The molecule has 1 saturated heterocycles. The van der Waals surface area contributed by atoms with Gasteiger partial charge in [-0.05, 0) is 30.7 Å². The molecule has 1 aromatic rings. The molecule has 0 unspecified atom stereocenters. The molecule has 22 heavy (non-hydrogen) atoms. The Hall–Kier alpha value is -1.70. The van der Waals surface area contributed by atoms with Crippen LogP contribution >= 0.6 is 0 Å². The molecule has 5 nitrogen and oxygen atoms in total. The lowest BCUT2D eigenvalue weighted by molar-refractivity contribution is -0.127. The van der Waals surface area contributed by atoms with E-state index < -0.39 is 20.5 Å². The molecule has 1 aliphatic heterocycles. The molecular formula is C14H18F2N2O3S. The summed E-state index contributed by atoms with van der Waals surface area (Å²) in [5.74, 6) is -3.27. The predicted molar refractivity (Wildman–Crippen MR) is 78.7 cm³/mol. The fraction of sp³-hybridized carbons (Fsp3) is 0.500. The van der Waals surface area contributed by atoms with E-state index in [2.05, 4.69) is 0 Å². The monoisotopic (exact) mass is 332 g/mol. The summed E-state index contributed by atoms with van der Waals surface area (Å²) >= 11 is 0. The molecule has 0 atom stereocenters. The minimum atomic E-state index is -4.56. The van der Waals surface area contributed by atoms with Gasteiger partial charge in [-0.2, -0.15) is 8.78 Å². The molecule has 1 amide bonds. The molecule has 2 rings (SSSR count). The molecule has 1 aliphatic rings. The fourth-order valence-corrected chi connectivity index (χ4v) is 3.05. The van der Waals surface area contributed by atoms with Gasteiger partial charge >= 0.3 is 5.76 Å². The van der Waals surface area contributed by atoms with Crippen LogP contribution in [0.4, 0.5) is 14.5 Å². The summed E-state index contributed by atoms with van der Waals surface area (Å²) in [6.45, 7) is 1.94. The van der Waals surface area contributed by atoms with Gasteiger partial charge in [0, 0.05) is 38.8 Å². The normalized spacial score (nSPS) is 15.6. The van der Waals surface area contributed by atoms with Gasteiger partial charge < -0.3 is 9.80 Å². The van der Waals surface area contributed by atoms with E-state index in [0.29, 0.717) is 25.2 Å². The van der Waals surface area contributed by atoms with E-state index >= 15 is 0 Å². The SMILES string of the molecule is CN(CCN1CCCC1=O)c1ccc(S(=O)(=O)C(F)F)cc1. The number of nitrogens with zero attached hydrogens (tertiary/aromatic N) is 2. The Kier molecular flexibility index (Phi) is 5.00. The Bertz CT molecular complexity index is 632. The van der Waals surface area contributed by atoms with Crippen molar-refractivity contribution in [1.29, 1.82) is 0 Å². The quantitative estimate of drug-likeness (QED) is 0.796. The van der Waals surface area contributed by atoms with Crippen LogP contribution in [0.2, 0.25) is 0 Å². The Morgan fingerprint density at radius 3 is 2.41 bits per heavy atom. The smallest absolute Gasteiger partial charge is 0.341 e. The van der Waals surface area contributed by atoms with Crippen molar-refractivity contribution < 1.29 is 22.0 Å². The Morgan fingerprint density at radius 1 is 1.27 bits per heavy atom. The van der Waals surface area contributed by atoms with Crippen molar-refractivity contribution in [2.24, 2.45) is 0 Å². The first-order valence-corrected chi connectivity index (χ1v) is 8.48. The van der Waals surface area contributed by atoms with E-state index in [-0.39, 0.29) is 5.91 Å².